The first-order valence-corrected chi connectivity index (χ1v) is 12.0. The Morgan fingerprint density at radius 3 is 2.15 bits per heavy atom. The third kappa shape index (κ3) is 4.83. The molecule has 34 heavy (non-hydrogen) atoms. The first-order valence-electron chi connectivity index (χ1n) is 12.0. The van der Waals surface area contributed by atoms with E-state index in [0.717, 1.165) is 50.0 Å². The highest BCUT2D eigenvalue weighted by molar-refractivity contribution is 5.97. The fourth-order valence-corrected chi connectivity index (χ4v) is 5.14. The zero-order valence-corrected chi connectivity index (χ0v) is 20.3. The van der Waals surface area contributed by atoms with Gasteiger partial charge in [-0.3, -0.25) is 9.59 Å². The highest BCUT2D eigenvalue weighted by Gasteiger charge is 2.43. The van der Waals surface area contributed by atoms with Crippen molar-refractivity contribution < 1.29 is 23.8 Å². The first-order chi connectivity index (χ1) is 16.6. The number of benzene rings is 2. The van der Waals surface area contributed by atoms with Crippen LogP contribution < -0.4 is 19.1 Å². The molecule has 2 heterocycles. The molecule has 2 amide bonds. The molecule has 0 aliphatic carbocycles. The predicted octanol–water partition coefficient (Wildman–Crippen LogP) is 4.60. The number of carbonyl (C=O) groups is 2. The normalized spacial score (nSPS) is 21.1. The van der Waals surface area contributed by atoms with Gasteiger partial charge in [0, 0.05) is 25.2 Å². The standard InChI is InChI=1S/C27H34N2O5/c1-32-21-11-9-20(10-12-21)29-25(30)15-13-22(27(31)28-16-6-4-5-7-17-28)26(29)19-8-14-23(33-2)24(18-19)34-3/h8-12,14,18,22,26H,4-7,13,15-17H2,1-3H3/t22-,26+/m1/s1. The zero-order valence-electron chi connectivity index (χ0n) is 20.3. The average molecular weight is 467 g/mol. The van der Waals surface area contributed by atoms with Gasteiger partial charge in [0.2, 0.25) is 11.8 Å². The Morgan fingerprint density at radius 1 is 0.853 bits per heavy atom. The lowest BCUT2D eigenvalue weighted by Gasteiger charge is -2.42. The summed E-state index contributed by atoms with van der Waals surface area (Å²) in [6, 6.07) is 12.7. The molecule has 7 nitrogen and oxygen atoms in total. The van der Waals surface area contributed by atoms with Crippen LogP contribution in [0.15, 0.2) is 42.5 Å². The maximum atomic E-state index is 13.9. The van der Waals surface area contributed by atoms with Crippen molar-refractivity contribution in [3.05, 3.63) is 48.0 Å². The number of piperidine rings is 1. The van der Waals surface area contributed by atoms with E-state index < -0.39 is 6.04 Å². The molecule has 182 valence electrons. The van der Waals surface area contributed by atoms with E-state index in [2.05, 4.69) is 0 Å². The summed E-state index contributed by atoms with van der Waals surface area (Å²) in [4.78, 5) is 31.0. The molecule has 2 aliphatic heterocycles. The molecule has 2 aromatic carbocycles. The third-order valence-corrected chi connectivity index (χ3v) is 6.93. The molecule has 2 saturated heterocycles. The highest BCUT2D eigenvalue weighted by atomic mass is 16.5. The molecule has 0 spiro atoms. The molecule has 7 heteroatoms. The Hall–Kier alpha value is -3.22. The number of methoxy groups -OCH3 is 3. The Kier molecular flexibility index (Phi) is 7.60. The van der Waals surface area contributed by atoms with Crippen LogP contribution in [0.25, 0.3) is 0 Å². The third-order valence-electron chi connectivity index (χ3n) is 6.93. The van der Waals surface area contributed by atoms with Crippen LogP contribution in [-0.2, 0) is 9.59 Å². The second-order valence-corrected chi connectivity index (χ2v) is 8.91. The second kappa shape index (κ2) is 10.8. The highest BCUT2D eigenvalue weighted by Crippen LogP contribution is 2.43. The van der Waals surface area contributed by atoms with E-state index in [-0.39, 0.29) is 17.7 Å². The van der Waals surface area contributed by atoms with Crippen molar-refractivity contribution in [1.82, 2.24) is 4.90 Å². The van der Waals surface area contributed by atoms with Gasteiger partial charge in [0.15, 0.2) is 11.5 Å². The summed E-state index contributed by atoms with van der Waals surface area (Å²) < 4.78 is 16.3. The Morgan fingerprint density at radius 2 is 1.53 bits per heavy atom. The van der Waals surface area contributed by atoms with Gasteiger partial charge in [0.25, 0.3) is 0 Å². The van der Waals surface area contributed by atoms with E-state index in [1.165, 1.54) is 0 Å². The van der Waals surface area contributed by atoms with Crippen molar-refractivity contribution >= 4 is 17.5 Å². The van der Waals surface area contributed by atoms with Gasteiger partial charge in [0.1, 0.15) is 5.75 Å². The van der Waals surface area contributed by atoms with E-state index >= 15 is 0 Å². The van der Waals surface area contributed by atoms with Crippen molar-refractivity contribution in [2.75, 3.05) is 39.3 Å². The van der Waals surface area contributed by atoms with E-state index in [1.807, 2.05) is 47.4 Å². The van der Waals surface area contributed by atoms with Gasteiger partial charge in [-0.25, -0.2) is 0 Å². The van der Waals surface area contributed by atoms with Crippen LogP contribution in [0.1, 0.15) is 50.1 Å². The van der Waals surface area contributed by atoms with Gasteiger partial charge in [-0.05, 0) is 61.2 Å². The molecule has 0 unspecified atom stereocenters. The van der Waals surface area contributed by atoms with Crippen LogP contribution in [0.5, 0.6) is 17.2 Å². The van der Waals surface area contributed by atoms with E-state index in [9.17, 15) is 9.59 Å². The number of hydrogen-bond acceptors (Lipinski definition) is 5. The predicted molar refractivity (Wildman–Crippen MR) is 131 cm³/mol. The number of nitrogens with zero attached hydrogens (tertiary/aromatic N) is 2. The summed E-state index contributed by atoms with van der Waals surface area (Å²) >= 11 is 0. The molecule has 2 fully saturated rings. The topological polar surface area (TPSA) is 68.3 Å². The fraction of sp³-hybridized carbons (Fsp3) is 0.481. The van der Waals surface area contributed by atoms with Gasteiger partial charge in [-0.1, -0.05) is 18.9 Å². The molecule has 0 N–H and O–H groups in total. The maximum absolute atomic E-state index is 13.9. The van der Waals surface area contributed by atoms with Gasteiger partial charge in [-0.15, -0.1) is 0 Å². The Balaban J connectivity index is 1.78. The largest absolute Gasteiger partial charge is 0.497 e. The SMILES string of the molecule is COc1ccc(N2C(=O)CC[C@@H](C(=O)N3CCCCCC3)[C@@H]2c2ccc(OC)c(OC)c2)cc1. The summed E-state index contributed by atoms with van der Waals surface area (Å²) in [6.45, 7) is 1.56. The number of hydrogen-bond donors (Lipinski definition) is 0. The summed E-state index contributed by atoms with van der Waals surface area (Å²) in [6.07, 6.45) is 5.23. The van der Waals surface area contributed by atoms with Crippen molar-refractivity contribution in [3.63, 3.8) is 0 Å². The molecule has 4 rings (SSSR count). The van der Waals surface area contributed by atoms with Crippen LogP contribution in [0.4, 0.5) is 5.69 Å². The van der Waals surface area contributed by atoms with E-state index in [4.69, 9.17) is 14.2 Å². The Labute approximate surface area is 201 Å². The summed E-state index contributed by atoms with van der Waals surface area (Å²) in [5.41, 5.74) is 1.61. The van der Waals surface area contributed by atoms with Gasteiger partial charge in [-0.2, -0.15) is 0 Å². The summed E-state index contributed by atoms with van der Waals surface area (Å²) in [5.74, 6) is 1.70. The van der Waals surface area contributed by atoms with E-state index in [0.29, 0.717) is 30.1 Å². The molecular weight excluding hydrogens is 432 g/mol. The number of amides is 2. The molecular formula is C27H34N2O5. The monoisotopic (exact) mass is 466 g/mol. The van der Waals surface area contributed by atoms with Crippen LogP contribution in [-0.4, -0.2) is 51.1 Å². The van der Waals surface area contributed by atoms with Crippen molar-refractivity contribution in [2.45, 2.75) is 44.6 Å². The zero-order chi connectivity index (χ0) is 24.1. The Bertz CT molecular complexity index is 999. The van der Waals surface area contributed by atoms with Gasteiger partial charge >= 0.3 is 0 Å². The lowest BCUT2D eigenvalue weighted by atomic mass is 9.82. The van der Waals surface area contributed by atoms with Crippen LogP contribution >= 0.6 is 0 Å². The lowest BCUT2D eigenvalue weighted by Crippen LogP contribution is -2.49. The minimum absolute atomic E-state index is 0.00451. The van der Waals surface area contributed by atoms with Gasteiger partial charge < -0.3 is 24.0 Å². The smallest absolute Gasteiger partial charge is 0.228 e. The van der Waals surface area contributed by atoms with Crippen LogP contribution in [0.3, 0.4) is 0 Å². The first kappa shape index (κ1) is 23.9. The summed E-state index contributed by atoms with van der Waals surface area (Å²) in [7, 11) is 4.80. The fourth-order valence-electron chi connectivity index (χ4n) is 5.14. The number of carbonyl (C=O) groups excluding carboxylic acids is 2. The maximum Gasteiger partial charge on any atom is 0.228 e. The van der Waals surface area contributed by atoms with Crippen LogP contribution in [0, 0.1) is 5.92 Å². The average Bonchev–Trinajstić information content (AvgIpc) is 3.17. The van der Waals surface area contributed by atoms with Crippen molar-refractivity contribution in [2.24, 2.45) is 5.92 Å². The molecule has 0 saturated carbocycles. The summed E-state index contributed by atoms with van der Waals surface area (Å²) in [5, 5.41) is 0. The number of anilines is 1. The number of rotatable bonds is 6. The molecule has 0 radical (unpaired) electrons. The van der Waals surface area contributed by atoms with Gasteiger partial charge in [0.05, 0.1) is 33.3 Å². The molecule has 2 atom stereocenters. The lowest BCUT2D eigenvalue weighted by molar-refractivity contribution is -0.138. The van der Waals surface area contributed by atoms with E-state index in [1.54, 1.807) is 26.2 Å². The molecule has 2 aromatic rings. The molecule has 2 aliphatic rings. The minimum atomic E-state index is -0.440. The van der Waals surface area contributed by atoms with Crippen molar-refractivity contribution in [1.29, 1.82) is 0 Å². The number of likely N-dealkylation sites (tertiary alicyclic amines) is 1. The number of ether oxygens (including phenoxy) is 3. The second-order valence-electron chi connectivity index (χ2n) is 8.91. The van der Waals surface area contributed by atoms with Crippen LogP contribution in [0.2, 0.25) is 0 Å². The van der Waals surface area contributed by atoms with Crippen molar-refractivity contribution in [3.8, 4) is 17.2 Å². The quantitative estimate of drug-likeness (QED) is 0.622. The minimum Gasteiger partial charge on any atom is -0.497 e. The molecule has 0 aromatic heterocycles. The molecule has 0 bridgehead atoms.